The maximum absolute atomic E-state index is 4.98. The van der Waals surface area contributed by atoms with Gasteiger partial charge in [-0.25, -0.2) is 4.68 Å². The Morgan fingerprint density at radius 2 is 1.94 bits per heavy atom. The zero-order valence-corrected chi connectivity index (χ0v) is 12.2. The summed E-state index contributed by atoms with van der Waals surface area (Å²) in [7, 11) is 0. The summed E-state index contributed by atoms with van der Waals surface area (Å²) in [5.41, 5.74) is 1.32. The molecule has 98 valence electrons. The van der Waals surface area contributed by atoms with E-state index in [1.807, 2.05) is 0 Å². The van der Waals surface area contributed by atoms with Crippen LogP contribution in [0.3, 0.4) is 0 Å². The maximum Gasteiger partial charge on any atom is 0.139 e. The fraction of sp³-hybridized carbons (Fsp3) is 0.786. The highest BCUT2D eigenvalue weighted by molar-refractivity contribution is 9.10. The molecule has 2 fully saturated rings. The Balaban J connectivity index is 1.74. The molecule has 0 radical (unpaired) electrons. The van der Waals surface area contributed by atoms with Gasteiger partial charge in [0.05, 0.1) is 16.2 Å². The number of nitrogens with zero attached hydrogens (tertiary/aromatic N) is 2. The molecule has 2 unspecified atom stereocenters. The van der Waals surface area contributed by atoms with E-state index in [0.29, 0.717) is 12.0 Å². The number of hydrogen-bond acceptors (Lipinski definition) is 2. The van der Waals surface area contributed by atoms with Gasteiger partial charge in [0.2, 0.25) is 0 Å². The molecule has 0 aromatic carbocycles. The Bertz CT molecular complexity index is 462. The molecule has 1 aromatic heterocycles. The monoisotopic (exact) mass is 309 g/mol. The van der Waals surface area contributed by atoms with Gasteiger partial charge in [-0.05, 0) is 47.5 Å². The molecular formula is C14H20BrN3. The molecule has 2 heterocycles. The van der Waals surface area contributed by atoms with Gasteiger partial charge in [-0.1, -0.05) is 19.3 Å². The van der Waals surface area contributed by atoms with Gasteiger partial charge >= 0.3 is 0 Å². The molecule has 0 saturated heterocycles. The van der Waals surface area contributed by atoms with Gasteiger partial charge in [-0.15, -0.1) is 0 Å². The molecule has 18 heavy (non-hydrogen) atoms. The number of anilines is 1. The number of hydrogen-bond donors (Lipinski definition) is 1. The summed E-state index contributed by atoms with van der Waals surface area (Å²) >= 11 is 3.80. The van der Waals surface area contributed by atoms with Crippen LogP contribution in [0, 0.1) is 5.92 Å². The van der Waals surface area contributed by atoms with E-state index in [2.05, 4.69) is 25.9 Å². The third kappa shape index (κ3) is 1.57. The van der Waals surface area contributed by atoms with E-state index in [1.165, 1.54) is 60.9 Å². The minimum Gasteiger partial charge on any atom is -0.369 e. The van der Waals surface area contributed by atoms with Crippen molar-refractivity contribution in [2.75, 3.05) is 11.9 Å². The normalized spacial score (nSPS) is 31.2. The van der Waals surface area contributed by atoms with E-state index in [-0.39, 0.29) is 0 Å². The van der Waals surface area contributed by atoms with Crippen LogP contribution in [0.1, 0.15) is 62.6 Å². The van der Waals surface area contributed by atoms with E-state index >= 15 is 0 Å². The minimum atomic E-state index is 0.660. The Kier molecular flexibility index (Phi) is 2.68. The maximum atomic E-state index is 4.98. The highest BCUT2D eigenvalue weighted by Gasteiger charge is 2.37. The van der Waals surface area contributed by atoms with Gasteiger partial charge in [-0.2, -0.15) is 5.10 Å². The van der Waals surface area contributed by atoms with E-state index in [9.17, 15) is 0 Å². The highest BCUT2D eigenvalue weighted by atomic mass is 79.9. The lowest BCUT2D eigenvalue weighted by molar-refractivity contribution is 0.344. The predicted octanol–water partition coefficient (Wildman–Crippen LogP) is 4.07. The molecule has 1 aliphatic heterocycles. The second-order valence-electron chi connectivity index (χ2n) is 6.11. The molecule has 3 aliphatic rings. The first kappa shape index (κ1) is 11.3. The SMILES string of the molecule is Brc1c(C2CCCC2)nn2c1NCC1CCCC12. The van der Waals surface area contributed by atoms with Gasteiger partial charge in [0.25, 0.3) is 0 Å². The second kappa shape index (κ2) is 4.26. The summed E-state index contributed by atoms with van der Waals surface area (Å²) in [6, 6.07) is 0.660. The third-order valence-electron chi connectivity index (χ3n) is 5.08. The van der Waals surface area contributed by atoms with Crippen LogP contribution >= 0.6 is 15.9 Å². The summed E-state index contributed by atoms with van der Waals surface area (Å²) in [6.07, 6.45) is 9.45. The molecule has 2 saturated carbocycles. The van der Waals surface area contributed by atoms with Crippen LogP contribution in [0.5, 0.6) is 0 Å². The van der Waals surface area contributed by atoms with Crippen molar-refractivity contribution in [1.82, 2.24) is 9.78 Å². The van der Waals surface area contributed by atoms with Crippen LogP contribution in [0.4, 0.5) is 5.82 Å². The summed E-state index contributed by atoms with van der Waals surface area (Å²) in [5, 5.41) is 8.58. The van der Waals surface area contributed by atoms with Crippen LogP contribution in [0.15, 0.2) is 4.47 Å². The Hall–Kier alpha value is -0.510. The fourth-order valence-electron chi connectivity index (χ4n) is 4.10. The molecule has 2 atom stereocenters. The summed E-state index contributed by atoms with van der Waals surface area (Å²) in [5.74, 6) is 2.75. The highest BCUT2D eigenvalue weighted by Crippen LogP contribution is 2.46. The number of fused-ring (bicyclic) bond motifs is 3. The Labute approximate surface area is 116 Å². The van der Waals surface area contributed by atoms with Gasteiger partial charge in [-0.3, -0.25) is 0 Å². The number of rotatable bonds is 1. The minimum absolute atomic E-state index is 0.660. The standard InChI is InChI=1S/C14H20BrN3/c15-12-13(9-4-1-2-5-9)17-18-11-7-3-6-10(11)8-16-14(12)18/h9-11,16H,1-8H2. The van der Waals surface area contributed by atoms with Crippen molar-refractivity contribution in [1.29, 1.82) is 0 Å². The van der Waals surface area contributed by atoms with Crippen LogP contribution in [0.25, 0.3) is 0 Å². The average molecular weight is 310 g/mol. The molecule has 1 aromatic rings. The van der Waals surface area contributed by atoms with E-state index in [0.717, 1.165) is 12.5 Å². The number of nitrogens with one attached hydrogen (secondary N) is 1. The van der Waals surface area contributed by atoms with Crippen LogP contribution < -0.4 is 5.32 Å². The molecule has 4 rings (SSSR count). The summed E-state index contributed by atoms with van der Waals surface area (Å²) in [4.78, 5) is 0. The second-order valence-corrected chi connectivity index (χ2v) is 6.91. The van der Waals surface area contributed by atoms with Crippen molar-refractivity contribution in [2.24, 2.45) is 5.92 Å². The van der Waals surface area contributed by atoms with Gasteiger partial charge in [0.1, 0.15) is 5.82 Å². The zero-order chi connectivity index (χ0) is 12.1. The van der Waals surface area contributed by atoms with Crippen molar-refractivity contribution in [3.63, 3.8) is 0 Å². The first-order valence-corrected chi connectivity index (χ1v) is 8.15. The third-order valence-corrected chi connectivity index (χ3v) is 5.87. The van der Waals surface area contributed by atoms with E-state index in [4.69, 9.17) is 5.10 Å². The van der Waals surface area contributed by atoms with Crippen LogP contribution in [-0.4, -0.2) is 16.3 Å². The Morgan fingerprint density at radius 1 is 1.11 bits per heavy atom. The first-order valence-electron chi connectivity index (χ1n) is 7.36. The zero-order valence-electron chi connectivity index (χ0n) is 10.7. The van der Waals surface area contributed by atoms with Gasteiger partial charge in [0.15, 0.2) is 0 Å². The fourth-order valence-corrected chi connectivity index (χ4v) is 4.82. The van der Waals surface area contributed by atoms with Crippen molar-refractivity contribution in [3.8, 4) is 0 Å². The van der Waals surface area contributed by atoms with Crippen molar-refractivity contribution in [2.45, 2.75) is 56.9 Å². The molecular weight excluding hydrogens is 290 g/mol. The lowest BCUT2D eigenvalue weighted by Crippen LogP contribution is -2.29. The predicted molar refractivity (Wildman–Crippen MR) is 76.0 cm³/mol. The van der Waals surface area contributed by atoms with Crippen LogP contribution in [0.2, 0.25) is 0 Å². The molecule has 2 aliphatic carbocycles. The topological polar surface area (TPSA) is 29.9 Å². The first-order chi connectivity index (χ1) is 8.84. The number of aromatic nitrogens is 2. The number of halogens is 1. The van der Waals surface area contributed by atoms with Crippen molar-refractivity contribution >= 4 is 21.7 Å². The molecule has 0 spiro atoms. The lowest BCUT2D eigenvalue weighted by atomic mass is 10.0. The van der Waals surface area contributed by atoms with Gasteiger partial charge < -0.3 is 5.32 Å². The van der Waals surface area contributed by atoms with E-state index in [1.54, 1.807) is 0 Å². The molecule has 3 nitrogen and oxygen atoms in total. The molecule has 0 amide bonds. The average Bonchev–Trinajstić information content (AvgIpc) is 3.06. The molecule has 4 heteroatoms. The Morgan fingerprint density at radius 3 is 2.78 bits per heavy atom. The largest absolute Gasteiger partial charge is 0.369 e. The van der Waals surface area contributed by atoms with Gasteiger partial charge in [0, 0.05) is 12.5 Å². The van der Waals surface area contributed by atoms with E-state index < -0.39 is 0 Å². The smallest absolute Gasteiger partial charge is 0.139 e. The summed E-state index contributed by atoms with van der Waals surface area (Å²) in [6.45, 7) is 1.14. The van der Waals surface area contributed by atoms with Crippen LogP contribution in [-0.2, 0) is 0 Å². The lowest BCUT2D eigenvalue weighted by Gasteiger charge is -2.28. The van der Waals surface area contributed by atoms with Crippen molar-refractivity contribution < 1.29 is 0 Å². The molecule has 1 N–H and O–H groups in total. The molecule has 0 bridgehead atoms. The summed E-state index contributed by atoms with van der Waals surface area (Å²) < 4.78 is 3.55. The quantitative estimate of drug-likeness (QED) is 0.847. The van der Waals surface area contributed by atoms with Crippen molar-refractivity contribution in [3.05, 3.63) is 10.2 Å².